The molecule has 0 saturated carbocycles. The topological polar surface area (TPSA) is 46.2 Å². The number of hydrogen-bond donors (Lipinski definition) is 2. The van der Waals surface area contributed by atoms with Gasteiger partial charge in [-0.25, -0.2) is 4.39 Å². The Balaban J connectivity index is 0.00000225. The largest absolute Gasteiger partial charge is 0.391 e. The summed E-state index contributed by atoms with van der Waals surface area (Å²) in [5.74, 6) is -0.425. The van der Waals surface area contributed by atoms with Crippen LogP contribution in [-0.4, -0.2) is 11.2 Å². The Labute approximate surface area is 106 Å². The summed E-state index contributed by atoms with van der Waals surface area (Å²) in [6, 6.07) is 3.46. The molecule has 0 aliphatic heterocycles. The number of halogens is 3. The van der Waals surface area contributed by atoms with Crippen LogP contribution in [0.15, 0.2) is 18.2 Å². The lowest BCUT2D eigenvalue weighted by atomic mass is 9.94. The van der Waals surface area contributed by atoms with Gasteiger partial charge in [0, 0.05) is 5.02 Å². The van der Waals surface area contributed by atoms with Gasteiger partial charge in [-0.1, -0.05) is 25.4 Å². The molecular formula is C11H16Cl2FNO. The molecule has 0 radical (unpaired) electrons. The van der Waals surface area contributed by atoms with Gasteiger partial charge in [0.2, 0.25) is 0 Å². The number of rotatable bonds is 3. The first-order valence-corrected chi connectivity index (χ1v) is 5.19. The lowest BCUT2D eigenvalue weighted by Gasteiger charge is -2.22. The van der Waals surface area contributed by atoms with Crippen LogP contribution in [0.25, 0.3) is 0 Å². The van der Waals surface area contributed by atoms with E-state index in [9.17, 15) is 9.50 Å². The number of nitrogens with two attached hydrogens (primary N) is 1. The van der Waals surface area contributed by atoms with E-state index in [4.69, 9.17) is 17.3 Å². The van der Waals surface area contributed by atoms with Crippen LogP contribution in [0.2, 0.25) is 5.02 Å². The van der Waals surface area contributed by atoms with Gasteiger partial charge in [0.25, 0.3) is 0 Å². The van der Waals surface area contributed by atoms with Crippen molar-refractivity contribution >= 4 is 24.0 Å². The van der Waals surface area contributed by atoms with Gasteiger partial charge in [0.1, 0.15) is 5.82 Å². The van der Waals surface area contributed by atoms with Gasteiger partial charge in [-0.05, 0) is 29.7 Å². The molecule has 92 valence electrons. The molecule has 0 aliphatic rings. The van der Waals surface area contributed by atoms with Gasteiger partial charge in [-0.2, -0.15) is 0 Å². The van der Waals surface area contributed by atoms with E-state index < -0.39 is 18.0 Å². The first-order chi connectivity index (χ1) is 6.91. The summed E-state index contributed by atoms with van der Waals surface area (Å²) < 4.78 is 13.0. The molecule has 0 aromatic heterocycles. The third-order valence-corrected chi connectivity index (χ3v) is 2.54. The fourth-order valence-corrected chi connectivity index (χ4v) is 1.61. The molecule has 5 heteroatoms. The average molecular weight is 268 g/mol. The molecule has 0 bridgehead atoms. The summed E-state index contributed by atoms with van der Waals surface area (Å²) in [5, 5.41) is 10.0. The van der Waals surface area contributed by atoms with Crippen LogP contribution in [0.5, 0.6) is 0 Å². The fourth-order valence-electron chi connectivity index (χ4n) is 1.38. The molecule has 0 spiro atoms. The molecule has 1 aromatic carbocycles. The molecule has 0 saturated heterocycles. The molecule has 0 heterocycles. The van der Waals surface area contributed by atoms with Gasteiger partial charge in [0.15, 0.2) is 0 Å². The van der Waals surface area contributed by atoms with Crippen molar-refractivity contribution in [2.24, 2.45) is 11.7 Å². The van der Waals surface area contributed by atoms with Crippen molar-refractivity contribution in [1.29, 1.82) is 0 Å². The summed E-state index contributed by atoms with van der Waals surface area (Å²) in [4.78, 5) is 0. The molecule has 3 N–H and O–H groups in total. The molecule has 2 nitrogen and oxygen atoms in total. The van der Waals surface area contributed by atoms with Crippen molar-refractivity contribution in [3.63, 3.8) is 0 Å². The standard InChI is InChI=1S/C11H15ClFNO.ClH/c1-6(2)11(15)10(14)7-3-8(12)5-9(13)4-7;/h3-6,10-11,15H,14H2,1-2H3;1H/t10-,11+;/m0./s1. The normalized spacial score (nSPS) is 14.4. The van der Waals surface area contributed by atoms with E-state index in [0.717, 1.165) is 0 Å². The molecule has 0 amide bonds. The summed E-state index contributed by atoms with van der Waals surface area (Å²) >= 11 is 5.70. The highest BCUT2D eigenvalue weighted by atomic mass is 35.5. The van der Waals surface area contributed by atoms with Crippen LogP contribution < -0.4 is 5.73 Å². The molecule has 2 atom stereocenters. The van der Waals surface area contributed by atoms with E-state index in [0.29, 0.717) is 5.56 Å². The third-order valence-electron chi connectivity index (χ3n) is 2.32. The van der Waals surface area contributed by atoms with Gasteiger partial charge in [-0.3, -0.25) is 0 Å². The van der Waals surface area contributed by atoms with Crippen molar-refractivity contribution in [2.75, 3.05) is 0 Å². The maximum absolute atomic E-state index is 13.0. The number of aliphatic hydroxyl groups excluding tert-OH is 1. The van der Waals surface area contributed by atoms with E-state index >= 15 is 0 Å². The monoisotopic (exact) mass is 267 g/mol. The number of hydrogen-bond acceptors (Lipinski definition) is 2. The van der Waals surface area contributed by atoms with Gasteiger partial charge >= 0.3 is 0 Å². The first kappa shape index (κ1) is 15.7. The van der Waals surface area contributed by atoms with Crippen molar-refractivity contribution in [3.8, 4) is 0 Å². The summed E-state index contributed by atoms with van der Waals surface area (Å²) in [6.45, 7) is 3.71. The van der Waals surface area contributed by atoms with Crippen LogP contribution in [0.1, 0.15) is 25.5 Å². The first-order valence-electron chi connectivity index (χ1n) is 4.81. The maximum Gasteiger partial charge on any atom is 0.125 e. The SMILES string of the molecule is CC(C)[C@@H](O)[C@@H](N)c1cc(F)cc(Cl)c1.Cl. The predicted octanol–water partition coefficient (Wildman–Crippen LogP) is 2.92. The zero-order valence-electron chi connectivity index (χ0n) is 9.15. The zero-order valence-corrected chi connectivity index (χ0v) is 10.7. The molecule has 16 heavy (non-hydrogen) atoms. The van der Waals surface area contributed by atoms with Crippen LogP contribution in [0, 0.1) is 11.7 Å². The highest BCUT2D eigenvalue weighted by Crippen LogP contribution is 2.23. The predicted molar refractivity (Wildman–Crippen MR) is 66.4 cm³/mol. The zero-order chi connectivity index (χ0) is 11.6. The maximum atomic E-state index is 13.0. The Kier molecular flexibility index (Phi) is 6.26. The Hall–Kier alpha value is -0.350. The van der Waals surface area contributed by atoms with Crippen LogP contribution in [0.4, 0.5) is 4.39 Å². The number of aliphatic hydroxyl groups is 1. The highest BCUT2D eigenvalue weighted by Gasteiger charge is 2.20. The average Bonchev–Trinajstić information content (AvgIpc) is 2.13. The van der Waals surface area contributed by atoms with Crippen LogP contribution in [0.3, 0.4) is 0 Å². The minimum Gasteiger partial charge on any atom is -0.391 e. The van der Waals surface area contributed by atoms with E-state index in [1.54, 1.807) is 6.07 Å². The van der Waals surface area contributed by atoms with E-state index in [1.807, 2.05) is 13.8 Å². The minimum atomic E-state index is -0.706. The van der Waals surface area contributed by atoms with Gasteiger partial charge in [0.05, 0.1) is 12.1 Å². The highest BCUT2D eigenvalue weighted by molar-refractivity contribution is 6.30. The molecule has 1 aromatic rings. The molecule has 1 rings (SSSR count). The Morgan fingerprint density at radius 2 is 1.88 bits per heavy atom. The van der Waals surface area contributed by atoms with Crippen LogP contribution >= 0.6 is 24.0 Å². The summed E-state index contributed by atoms with van der Waals surface area (Å²) in [6.07, 6.45) is -0.706. The Morgan fingerprint density at radius 1 is 1.31 bits per heavy atom. The van der Waals surface area contributed by atoms with Gasteiger partial charge in [-0.15, -0.1) is 12.4 Å². The molecule has 0 fully saturated rings. The number of benzene rings is 1. The van der Waals surface area contributed by atoms with Crippen LogP contribution in [-0.2, 0) is 0 Å². The van der Waals surface area contributed by atoms with E-state index in [1.165, 1.54) is 12.1 Å². The molecule has 0 unspecified atom stereocenters. The second kappa shape index (κ2) is 6.40. The van der Waals surface area contributed by atoms with E-state index in [-0.39, 0.29) is 23.3 Å². The van der Waals surface area contributed by atoms with Crippen molar-refractivity contribution in [2.45, 2.75) is 26.0 Å². The van der Waals surface area contributed by atoms with Crippen molar-refractivity contribution in [3.05, 3.63) is 34.6 Å². The fraction of sp³-hybridized carbons (Fsp3) is 0.455. The van der Waals surface area contributed by atoms with Gasteiger partial charge < -0.3 is 10.8 Å². The van der Waals surface area contributed by atoms with E-state index in [2.05, 4.69) is 0 Å². The summed E-state index contributed by atoms with van der Waals surface area (Å²) in [5.41, 5.74) is 6.32. The second-order valence-electron chi connectivity index (χ2n) is 3.96. The summed E-state index contributed by atoms with van der Waals surface area (Å²) in [7, 11) is 0. The Bertz CT molecular complexity index is 327. The molecule has 0 aliphatic carbocycles. The van der Waals surface area contributed by atoms with Crippen molar-refractivity contribution in [1.82, 2.24) is 0 Å². The third kappa shape index (κ3) is 3.91. The lowest BCUT2D eigenvalue weighted by molar-refractivity contribution is 0.0978. The second-order valence-corrected chi connectivity index (χ2v) is 4.40. The smallest absolute Gasteiger partial charge is 0.125 e. The molecular weight excluding hydrogens is 252 g/mol. The van der Waals surface area contributed by atoms with Crippen molar-refractivity contribution < 1.29 is 9.50 Å². The Morgan fingerprint density at radius 3 is 2.31 bits per heavy atom. The lowest BCUT2D eigenvalue weighted by Crippen LogP contribution is -2.30. The quantitative estimate of drug-likeness (QED) is 0.885. The minimum absolute atomic E-state index is 0.